The van der Waals surface area contributed by atoms with Gasteiger partial charge in [-0.2, -0.15) is 0 Å². The number of carbonyl (C=O) groups excluding carboxylic acids is 1. The lowest BCUT2D eigenvalue weighted by Crippen LogP contribution is -2.52. The van der Waals surface area contributed by atoms with Crippen LogP contribution in [-0.4, -0.2) is 61.5 Å². The molecular weight excluding hydrogens is 214 g/mol. The maximum atomic E-state index is 12.4. The number of piperidine rings is 1. The molecule has 1 N–H and O–H groups in total. The van der Waals surface area contributed by atoms with E-state index in [-0.39, 0.29) is 5.92 Å². The van der Waals surface area contributed by atoms with E-state index in [0.717, 1.165) is 52.2 Å². The molecule has 0 aromatic heterocycles. The second-order valence-electron chi connectivity index (χ2n) is 5.46. The molecule has 0 aromatic carbocycles. The zero-order chi connectivity index (χ0) is 12.3. The Hall–Kier alpha value is -0.610. The highest BCUT2D eigenvalue weighted by atomic mass is 16.2. The van der Waals surface area contributed by atoms with Crippen LogP contribution >= 0.6 is 0 Å². The summed E-state index contributed by atoms with van der Waals surface area (Å²) in [4.78, 5) is 16.8. The zero-order valence-corrected chi connectivity index (χ0v) is 11.1. The van der Waals surface area contributed by atoms with Crippen LogP contribution in [0.3, 0.4) is 0 Å². The van der Waals surface area contributed by atoms with E-state index >= 15 is 0 Å². The number of amides is 1. The number of hydrogen-bond donors (Lipinski definition) is 1. The minimum Gasteiger partial charge on any atom is -0.340 e. The Morgan fingerprint density at radius 1 is 1.24 bits per heavy atom. The normalized spacial score (nSPS) is 31.5. The maximum Gasteiger partial charge on any atom is 0.227 e. The van der Waals surface area contributed by atoms with Crippen molar-refractivity contribution in [1.82, 2.24) is 15.1 Å². The Balaban J connectivity index is 1.83. The van der Waals surface area contributed by atoms with E-state index in [1.165, 1.54) is 0 Å². The smallest absolute Gasteiger partial charge is 0.227 e. The number of carbonyl (C=O) groups is 1. The predicted octanol–water partition coefficient (Wildman–Crippen LogP) is 0.396. The van der Waals surface area contributed by atoms with E-state index in [2.05, 4.69) is 29.0 Å². The first-order chi connectivity index (χ1) is 8.20. The summed E-state index contributed by atoms with van der Waals surface area (Å²) < 4.78 is 0. The van der Waals surface area contributed by atoms with Gasteiger partial charge in [-0.25, -0.2) is 0 Å². The molecule has 2 aliphatic heterocycles. The highest BCUT2D eigenvalue weighted by Crippen LogP contribution is 2.18. The molecule has 0 bridgehead atoms. The standard InChI is InChI=1S/C13H25N3O/c1-3-15-4-6-16(7-5-15)13(17)12-8-11(2)9-14-10-12/h11-12,14H,3-10H2,1-2H3. The van der Waals surface area contributed by atoms with Gasteiger partial charge in [0.25, 0.3) is 0 Å². The van der Waals surface area contributed by atoms with Crippen LogP contribution < -0.4 is 5.32 Å². The summed E-state index contributed by atoms with van der Waals surface area (Å²) in [5.41, 5.74) is 0. The summed E-state index contributed by atoms with van der Waals surface area (Å²) in [6.45, 7) is 11.4. The molecule has 2 rings (SSSR count). The monoisotopic (exact) mass is 239 g/mol. The van der Waals surface area contributed by atoms with Crippen LogP contribution in [0.5, 0.6) is 0 Å². The average Bonchev–Trinajstić information content (AvgIpc) is 2.38. The molecule has 4 heteroatoms. The van der Waals surface area contributed by atoms with Crippen molar-refractivity contribution in [3.05, 3.63) is 0 Å². The van der Waals surface area contributed by atoms with E-state index in [4.69, 9.17) is 0 Å². The molecule has 0 aromatic rings. The number of nitrogens with zero attached hydrogens (tertiary/aromatic N) is 2. The topological polar surface area (TPSA) is 35.6 Å². The molecule has 4 nitrogen and oxygen atoms in total. The second-order valence-corrected chi connectivity index (χ2v) is 5.46. The lowest BCUT2D eigenvalue weighted by Gasteiger charge is -2.37. The Labute approximate surface area is 104 Å². The lowest BCUT2D eigenvalue weighted by atomic mass is 9.90. The summed E-state index contributed by atoms with van der Waals surface area (Å²) in [7, 11) is 0. The maximum absolute atomic E-state index is 12.4. The summed E-state index contributed by atoms with van der Waals surface area (Å²) in [6.07, 6.45) is 1.06. The van der Waals surface area contributed by atoms with E-state index in [1.54, 1.807) is 0 Å². The van der Waals surface area contributed by atoms with E-state index in [9.17, 15) is 4.79 Å². The summed E-state index contributed by atoms with van der Waals surface area (Å²) >= 11 is 0. The third-order valence-corrected chi connectivity index (χ3v) is 4.05. The predicted molar refractivity (Wildman–Crippen MR) is 68.8 cm³/mol. The van der Waals surface area contributed by atoms with Gasteiger partial charge in [0.2, 0.25) is 5.91 Å². The number of nitrogens with one attached hydrogen (secondary N) is 1. The van der Waals surface area contributed by atoms with Crippen molar-refractivity contribution in [3.8, 4) is 0 Å². The van der Waals surface area contributed by atoms with Gasteiger partial charge in [0.15, 0.2) is 0 Å². The van der Waals surface area contributed by atoms with Crippen molar-refractivity contribution in [2.45, 2.75) is 20.3 Å². The largest absolute Gasteiger partial charge is 0.340 e. The van der Waals surface area contributed by atoms with Crippen molar-refractivity contribution < 1.29 is 4.79 Å². The fourth-order valence-corrected chi connectivity index (χ4v) is 2.89. The summed E-state index contributed by atoms with van der Waals surface area (Å²) in [5.74, 6) is 1.22. The van der Waals surface area contributed by atoms with Crippen LogP contribution in [0.1, 0.15) is 20.3 Å². The number of rotatable bonds is 2. The van der Waals surface area contributed by atoms with Crippen molar-refractivity contribution in [3.63, 3.8) is 0 Å². The van der Waals surface area contributed by atoms with Gasteiger partial charge in [-0.05, 0) is 25.4 Å². The fourth-order valence-electron chi connectivity index (χ4n) is 2.89. The van der Waals surface area contributed by atoms with Crippen LogP contribution in [0.4, 0.5) is 0 Å². The molecule has 0 aliphatic carbocycles. The van der Waals surface area contributed by atoms with Crippen molar-refractivity contribution in [1.29, 1.82) is 0 Å². The molecule has 2 aliphatic rings. The Morgan fingerprint density at radius 3 is 2.53 bits per heavy atom. The van der Waals surface area contributed by atoms with Gasteiger partial charge in [0, 0.05) is 32.7 Å². The van der Waals surface area contributed by atoms with E-state index in [0.29, 0.717) is 11.8 Å². The quantitative estimate of drug-likeness (QED) is 0.757. The Bertz CT molecular complexity index is 261. The third-order valence-electron chi connectivity index (χ3n) is 4.05. The van der Waals surface area contributed by atoms with Crippen LogP contribution in [0.2, 0.25) is 0 Å². The zero-order valence-electron chi connectivity index (χ0n) is 11.1. The van der Waals surface area contributed by atoms with Crippen LogP contribution in [0.25, 0.3) is 0 Å². The SMILES string of the molecule is CCN1CCN(C(=O)C2CNCC(C)C2)CC1. The van der Waals surface area contributed by atoms with E-state index in [1.807, 2.05) is 0 Å². The minimum absolute atomic E-state index is 0.215. The highest BCUT2D eigenvalue weighted by Gasteiger charge is 2.30. The number of piperazine rings is 1. The van der Waals surface area contributed by atoms with Gasteiger partial charge >= 0.3 is 0 Å². The van der Waals surface area contributed by atoms with Gasteiger partial charge in [-0.3, -0.25) is 4.79 Å². The Kier molecular flexibility index (Phi) is 4.40. The Morgan fingerprint density at radius 2 is 1.94 bits per heavy atom. The van der Waals surface area contributed by atoms with Crippen LogP contribution in [-0.2, 0) is 4.79 Å². The van der Waals surface area contributed by atoms with Crippen LogP contribution in [0, 0.1) is 11.8 Å². The van der Waals surface area contributed by atoms with Gasteiger partial charge in [0.1, 0.15) is 0 Å². The molecule has 98 valence electrons. The van der Waals surface area contributed by atoms with Crippen LogP contribution in [0.15, 0.2) is 0 Å². The molecule has 2 saturated heterocycles. The second kappa shape index (κ2) is 5.83. The molecular formula is C13H25N3O. The highest BCUT2D eigenvalue weighted by molar-refractivity contribution is 5.79. The average molecular weight is 239 g/mol. The molecule has 0 spiro atoms. The molecule has 1 amide bonds. The summed E-state index contributed by atoms with van der Waals surface area (Å²) in [5, 5.41) is 3.37. The van der Waals surface area contributed by atoms with E-state index < -0.39 is 0 Å². The number of hydrogen-bond acceptors (Lipinski definition) is 3. The van der Waals surface area contributed by atoms with Gasteiger partial charge in [0.05, 0.1) is 5.92 Å². The lowest BCUT2D eigenvalue weighted by molar-refractivity contribution is -0.138. The third kappa shape index (κ3) is 3.19. The van der Waals surface area contributed by atoms with Crippen molar-refractivity contribution in [2.24, 2.45) is 11.8 Å². The van der Waals surface area contributed by atoms with Gasteiger partial charge < -0.3 is 15.1 Å². The van der Waals surface area contributed by atoms with Crippen molar-refractivity contribution in [2.75, 3.05) is 45.8 Å². The molecule has 0 saturated carbocycles. The van der Waals surface area contributed by atoms with Gasteiger partial charge in [-0.1, -0.05) is 13.8 Å². The molecule has 0 radical (unpaired) electrons. The molecule has 2 unspecified atom stereocenters. The number of likely N-dealkylation sites (N-methyl/N-ethyl adjacent to an activating group) is 1. The fraction of sp³-hybridized carbons (Fsp3) is 0.923. The molecule has 2 atom stereocenters. The van der Waals surface area contributed by atoms with Gasteiger partial charge in [-0.15, -0.1) is 0 Å². The molecule has 2 fully saturated rings. The first-order valence-corrected chi connectivity index (χ1v) is 6.92. The first kappa shape index (κ1) is 12.8. The summed E-state index contributed by atoms with van der Waals surface area (Å²) in [6, 6.07) is 0. The molecule has 2 heterocycles. The minimum atomic E-state index is 0.215. The van der Waals surface area contributed by atoms with Crippen molar-refractivity contribution >= 4 is 5.91 Å². The molecule has 17 heavy (non-hydrogen) atoms. The first-order valence-electron chi connectivity index (χ1n) is 6.92.